The molecule has 58 valence electrons. The summed E-state index contributed by atoms with van der Waals surface area (Å²) in [6.07, 6.45) is 3.78. The molecule has 0 radical (unpaired) electrons. The van der Waals surface area contributed by atoms with Crippen LogP contribution in [0, 0.1) is 0 Å². The van der Waals surface area contributed by atoms with E-state index < -0.39 is 0 Å². The van der Waals surface area contributed by atoms with Gasteiger partial charge < -0.3 is 10.8 Å². The molecule has 0 aliphatic carbocycles. The molecule has 1 rings (SSSR count). The van der Waals surface area contributed by atoms with Gasteiger partial charge in [-0.3, -0.25) is 0 Å². The van der Waals surface area contributed by atoms with Crippen LogP contribution in [0.25, 0.3) is 6.08 Å². The van der Waals surface area contributed by atoms with Crippen molar-refractivity contribution in [1.29, 1.82) is 0 Å². The van der Waals surface area contributed by atoms with E-state index in [1.54, 1.807) is 12.1 Å². The molecule has 1 aromatic carbocycles. The first-order chi connectivity index (χ1) is 5.33. The van der Waals surface area contributed by atoms with E-state index in [4.69, 9.17) is 10.8 Å². The number of hydrogen-bond donors (Lipinski definition) is 2. The molecular weight excluding hydrogens is 138 g/mol. The van der Waals surface area contributed by atoms with Crippen LogP contribution in [0.4, 0.5) is 0 Å². The summed E-state index contributed by atoms with van der Waals surface area (Å²) < 4.78 is 0. The highest BCUT2D eigenvalue weighted by Crippen LogP contribution is 2.10. The normalized spacial score (nSPS) is 10.6. The van der Waals surface area contributed by atoms with Gasteiger partial charge in [-0.25, -0.2) is 0 Å². The topological polar surface area (TPSA) is 46.2 Å². The first-order valence-electron chi connectivity index (χ1n) is 3.48. The maximum Gasteiger partial charge on any atom is 0.115 e. The summed E-state index contributed by atoms with van der Waals surface area (Å²) in [5.74, 6) is 0.287. The zero-order valence-electron chi connectivity index (χ0n) is 6.20. The molecule has 0 aliphatic heterocycles. The third kappa shape index (κ3) is 2.43. The number of hydrogen-bond acceptors (Lipinski definition) is 2. The van der Waals surface area contributed by atoms with E-state index in [0.29, 0.717) is 6.54 Å². The summed E-state index contributed by atoms with van der Waals surface area (Å²) in [5.41, 5.74) is 6.32. The lowest BCUT2D eigenvalue weighted by atomic mass is 10.2. The molecule has 2 nitrogen and oxygen atoms in total. The second kappa shape index (κ2) is 3.78. The lowest BCUT2D eigenvalue weighted by Gasteiger charge is -1.92. The van der Waals surface area contributed by atoms with Crippen molar-refractivity contribution >= 4 is 6.08 Å². The predicted molar refractivity (Wildman–Crippen MR) is 46.2 cm³/mol. The van der Waals surface area contributed by atoms with Crippen molar-refractivity contribution in [3.63, 3.8) is 0 Å². The van der Waals surface area contributed by atoms with E-state index in [1.807, 2.05) is 24.3 Å². The molecule has 0 heterocycles. The number of phenolic OH excluding ortho intramolecular Hbond substituents is 1. The van der Waals surface area contributed by atoms with Crippen LogP contribution in [0.1, 0.15) is 5.56 Å². The van der Waals surface area contributed by atoms with Crippen molar-refractivity contribution in [3.05, 3.63) is 35.9 Å². The molecule has 0 bridgehead atoms. The molecule has 3 N–H and O–H groups in total. The minimum absolute atomic E-state index is 0.287. The average molecular weight is 149 g/mol. The molecule has 11 heavy (non-hydrogen) atoms. The predicted octanol–water partition coefficient (Wildman–Crippen LogP) is 1.36. The molecule has 0 atom stereocenters. The molecule has 0 unspecified atom stereocenters. The molecular formula is C9H11NO. The Morgan fingerprint density at radius 1 is 1.27 bits per heavy atom. The van der Waals surface area contributed by atoms with Crippen LogP contribution in [0.3, 0.4) is 0 Å². The molecule has 2 heteroatoms. The van der Waals surface area contributed by atoms with Crippen molar-refractivity contribution in [1.82, 2.24) is 0 Å². The Morgan fingerprint density at radius 3 is 2.45 bits per heavy atom. The third-order valence-electron chi connectivity index (χ3n) is 1.34. The number of rotatable bonds is 2. The fraction of sp³-hybridized carbons (Fsp3) is 0.111. The number of benzene rings is 1. The fourth-order valence-electron chi connectivity index (χ4n) is 0.790. The van der Waals surface area contributed by atoms with Crippen LogP contribution in [0.15, 0.2) is 30.3 Å². The minimum Gasteiger partial charge on any atom is -0.508 e. The molecule has 0 amide bonds. The molecule has 0 fully saturated rings. The van der Waals surface area contributed by atoms with Crippen molar-refractivity contribution < 1.29 is 5.11 Å². The van der Waals surface area contributed by atoms with Crippen LogP contribution in [-0.2, 0) is 0 Å². The Balaban J connectivity index is 2.73. The van der Waals surface area contributed by atoms with Gasteiger partial charge in [0, 0.05) is 6.54 Å². The van der Waals surface area contributed by atoms with E-state index in [-0.39, 0.29) is 5.75 Å². The quantitative estimate of drug-likeness (QED) is 0.667. The van der Waals surface area contributed by atoms with Gasteiger partial charge in [-0.15, -0.1) is 0 Å². The summed E-state index contributed by atoms with van der Waals surface area (Å²) in [6.45, 7) is 0.543. The lowest BCUT2D eigenvalue weighted by Crippen LogP contribution is -1.91. The number of phenols is 1. The van der Waals surface area contributed by atoms with E-state index in [0.717, 1.165) is 5.56 Å². The maximum atomic E-state index is 8.93. The number of aromatic hydroxyl groups is 1. The Bertz CT molecular complexity index is 238. The zero-order chi connectivity index (χ0) is 8.10. The van der Waals surface area contributed by atoms with Gasteiger partial charge in [-0.1, -0.05) is 24.3 Å². The monoisotopic (exact) mass is 149 g/mol. The van der Waals surface area contributed by atoms with Crippen LogP contribution in [0.5, 0.6) is 5.75 Å². The molecule has 0 aliphatic rings. The second-order valence-corrected chi connectivity index (χ2v) is 2.23. The first-order valence-corrected chi connectivity index (χ1v) is 3.48. The van der Waals surface area contributed by atoms with Gasteiger partial charge in [0.1, 0.15) is 5.75 Å². The van der Waals surface area contributed by atoms with Crippen LogP contribution in [0.2, 0.25) is 0 Å². The second-order valence-electron chi connectivity index (χ2n) is 2.23. The summed E-state index contributed by atoms with van der Waals surface area (Å²) >= 11 is 0. The zero-order valence-corrected chi connectivity index (χ0v) is 6.20. The smallest absolute Gasteiger partial charge is 0.115 e. The maximum absolute atomic E-state index is 8.93. The first kappa shape index (κ1) is 7.82. The highest BCUT2D eigenvalue weighted by atomic mass is 16.3. The number of nitrogens with two attached hydrogens (primary N) is 1. The van der Waals surface area contributed by atoms with Crippen LogP contribution < -0.4 is 5.73 Å². The van der Waals surface area contributed by atoms with Gasteiger partial charge in [0.2, 0.25) is 0 Å². The Labute approximate surface area is 66.0 Å². The minimum atomic E-state index is 0.287. The fourth-order valence-corrected chi connectivity index (χ4v) is 0.790. The average Bonchev–Trinajstić information content (AvgIpc) is 2.04. The Kier molecular flexibility index (Phi) is 2.69. The molecule has 0 aromatic heterocycles. The van der Waals surface area contributed by atoms with Crippen LogP contribution in [-0.4, -0.2) is 11.7 Å². The standard InChI is InChI=1S/C9H11NO/c10-7-1-2-8-3-5-9(11)6-4-8/h1-6,11H,7,10H2. The van der Waals surface area contributed by atoms with E-state index in [1.165, 1.54) is 0 Å². The molecule has 1 aromatic rings. The van der Waals surface area contributed by atoms with E-state index in [2.05, 4.69) is 0 Å². The van der Waals surface area contributed by atoms with Gasteiger partial charge in [0.25, 0.3) is 0 Å². The van der Waals surface area contributed by atoms with E-state index >= 15 is 0 Å². The van der Waals surface area contributed by atoms with Crippen molar-refractivity contribution in [3.8, 4) is 5.75 Å². The van der Waals surface area contributed by atoms with Crippen molar-refractivity contribution in [2.45, 2.75) is 0 Å². The Hall–Kier alpha value is -1.28. The van der Waals surface area contributed by atoms with Gasteiger partial charge in [0.15, 0.2) is 0 Å². The Morgan fingerprint density at radius 2 is 1.91 bits per heavy atom. The van der Waals surface area contributed by atoms with Crippen molar-refractivity contribution in [2.75, 3.05) is 6.54 Å². The SMILES string of the molecule is NCC=Cc1ccc(O)cc1. The van der Waals surface area contributed by atoms with E-state index in [9.17, 15) is 0 Å². The molecule has 0 spiro atoms. The summed E-state index contributed by atoms with van der Waals surface area (Å²) in [4.78, 5) is 0. The van der Waals surface area contributed by atoms with Gasteiger partial charge >= 0.3 is 0 Å². The van der Waals surface area contributed by atoms with Crippen LogP contribution >= 0.6 is 0 Å². The summed E-state index contributed by atoms with van der Waals surface area (Å²) in [5, 5.41) is 8.93. The highest BCUT2D eigenvalue weighted by Gasteiger charge is 1.85. The summed E-state index contributed by atoms with van der Waals surface area (Å²) in [6, 6.07) is 6.97. The largest absolute Gasteiger partial charge is 0.508 e. The molecule has 0 saturated carbocycles. The van der Waals surface area contributed by atoms with Gasteiger partial charge in [-0.05, 0) is 17.7 Å². The third-order valence-corrected chi connectivity index (χ3v) is 1.34. The van der Waals surface area contributed by atoms with Crippen molar-refractivity contribution in [2.24, 2.45) is 5.73 Å². The van der Waals surface area contributed by atoms with Gasteiger partial charge in [-0.2, -0.15) is 0 Å². The highest BCUT2D eigenvalue weighted by molar-refractivity contribution is 5.50. The lowest BCUT2D eigenvalue weighted by molar-refractivity contribution is 0.475. The summed E-state index contributed by atoms with van der Waals surface area (Å²) in [7, 11) is 0. The van der Waals surface area contributed by atoms with Gasteiger partial charge in [0.05, 0.1) is 0 Å². The molecule has 0 saturated heterocycles.